The molecule has 94 valence electrons. The average molecular weight is 254 g/mol. The summed E-state index contributed by atoms with van der Waals surface area (Å²) in [5.74, 6) is 0.0207. The molecule has 0 bridgehead atoms. The monoisotopic (exact) mass is 253 g/mol. The molecule has 0 saturated carbocycles. The number of carbonyl (C=O) groups excluding carboxylic acids is 1. The Hall–Kier alpha value is -1.02. The first-order chi connectivity index (χ1) is 7.63. The van der Waals surface area contributed by atoms with Crippen molar-refractivity contribution in [1.82, 2.24) is 5.32 Å². The van der Waals surface area contributed by atoms with Gasteiger partial charge in [0, 0.05) is 10.6 Å². The molecule has 0 aliphatic rings. The molecular formula is C14H20ClNO. The quantitative estimate of drug-likeness (QED) is 0.858. The Bertz CT molecular complexity index is 401. The number of carbonyl (C=O) groups is 1. The highest BCUT2D eigenvalue weighted by molar-refractivity contribution is 6.30. The molecule has 1 aromatic rings. The second-order valence-corrected chi connectivity index (χ2v) is 6.27. The van der Waals surface area contributed by atoms with Gasteiger partial charge in [-0.05, 0) is 52.3 Å². The van der Waals surface area contributed by atoms with Gasteiger partial charge >= 0.3 is 0 Å². The van der Waals surface area contributed by atoms with E-state index in [0.717, 1.165) is 5.56 Å². The maximum absolute atomic E-state index is 12.2. The predicted molar refractivity (Wildman–Crippen MR) is 72.4 cm³/mol. The van der Waals surface area contributed by atoms with E-state index in [2.05, 4.69) is 5.32 Å². The fourth-order valence-corrected chi connectivity index (χ4v) is 1.62. The third kappa shape index (κ3) is 3.74. The third-order valence-corrected chi connectivity index (χ3v) is 2.87. The number of halogens is 1. The zero-order valence-corrected chi connectivity index (χ0v) is 11.9. The van der Waals surface area contributed by atoms with Gasteiger partial charge in [0.2, 0.25) is 5.91 Å². The average Bonchev–Trinajstić information content (AvgIpc) is 2.15. The van der Waals surface area contributed by atoms with Gasteiger partial charge in [0.1, 0.15) is 0 Å². The van der Waals surface area contributed by atoms with Gasteiger partial charge < -0.3 is 5.32 Å². The van der Waals surface area contributed by atoms with Crippen molar-refractivity contribution in [2.45, 2.75) is 45.6 Å². The molecule has 1 N–H and O–H groups in total. The molecule has 0 heterocycles. The summed E-state index contributed by atoms with van der Waals surface area (Å²) < 4.78 is 0. The SMILES string of the molecule is CC(C)(C)NC(=O)C(C)(C)c1ccc(Cl)cc1. The Morgan fingerprint density at radius 3 is 1.94 bits per heavy atom. The second kappa shape index (κ2) is 4.69. The fraction of sp³-hybridized carbons (Fsp3) is 0.500. The zero-order chi connectivity index (χ0) is 13.3. The van der Waals surface area contributed by atoms with Crippen LogP contribution in [0.25, 0.3) is 0 Å². The van der Waals surface area contributed by atoms with Crippen LogP contribution in [-0.4, -0.2) is 11.4 Å². The summed E-state index contributed by atoms with van der Waals surface area (Å²) in [6.45, 7) is 9.75. The number of nitrogens with one attached hydrogen (secondary N) is 1. The lowest BCUT2D eigenvalue weighted by atomic mass is 9.83. The molecule has 0 aromatic heterocycles. The highest BCUT2D eigenvalue weighted by Crippen LogP contribution is 2.25. The Labute approximate surface area is 108 Å². The van der Waals surface area contributed by atoms with Crippen molar-refractivity contribution in [3.8, 4) is 0 Å². The number of amides is 1. The summed E-state index contributed by atoms with van der Waals surface area (Å²) in [5.41, 5.74) is 0.183. The Kier molecular flexibility index (Phi) is 3.88. The molecule has 2 nitrogen and oxygen atoms in total. The van der Waals surface area contributed by atoms with Crippen LogP contribution in [0.1, 0.15) is 40.2 Å². The van der Waals surface area contributed by atoms with Gasteiger partial charge in [0.15, 0.2) is 0 Å². The van der Waals surface area contributed by atoms with Gasteiger partial charge in [-0.3, -0.25) is 4.79 Å². The first-order valence-corrected chi connectivity index (χ1v) is 6.09. The number of rotatable bonds is 2. The second-order valence-electron chi connectivity index (χ2n) is 5.84. The first-order valence-electron chi connectivity index (χ1n) is 5.71. The lowest BCUT2D eigenvalue weighted by molar-refractivity contribution is -0.127. The van der Waals surface area contributed by atoms with Crippen LogP contribution in [0.15, 0.2) is 24.3 Å². The molecule has 0 aliphatic heterocycles. The minimum atomic E-state index is -0.558. The van der Waals surface area contributed by atoms with E-state index >= 15 is 0 Å². The molecule has 1 amide bonds. The Balaban J connectivity index is 2.94. The molecule has 0 spiro atoms. The Morgan fingerprint density at radius 2 is 1.53 bits per heavy atom. The molecular weight excluding hydrogens is 234 g/mol. The molecule has 0 aliphatic carbocycles. The van der Waals surface area contributed by atoms with E-state index in [9.17, 15) is 4.79 Å². The number of hydrogen-bond acceptors (Lipinski definition) is 1. The van der Waals surface area contributed by atoms with Crippen LogP contribution in [-0.2, 0) is 10.2 Å². The van der Waals surface area contributed by atoms with Gasteiger partial charge in [-0.2, -0.15) is 0 Å². The largest absolute Gasteiger partial charge is 0.351 e. The van der Waals surface area contributed by atoms with Crippen molar-refractivity contribution in [2.75, 3.05) is 0 Å². The van der Waals surface area contributed by atoms with Crippen LogP contribution in [0.3, 0.4) is 0 Å². The van der Waals surface area contributed by atoms with E-state index in [1.165, 1.54) is 0 Å². The normalized spacial score (nSPS) is 12.4. The van der Waals surface area contributed by atoms with Crippen molar-refractivity contribution in [3.05, 3.63) is 34.9 Å². The van der Waals surface area contributed by atoms with Gasteiger partial charge in [-0.1, -0.05) is 23.7 Å². The van der Waals surface area contributed by atoms with Crippen molar-refractivity contribution >= 4 is 17.5 Å². The summed E-state index contributed by atoms with van der Waals surface area (Å²) in [5, 5.41) is 3.68. The van der Waals surface area contributed by atoms with E-state index in [1.807, 2.05) is 58.9 Å². The van der Waals surface area contributed by atoms with E-state index in [-0.39, 0.29) is 11.4 Å². The van der Waals surface area contributed by atoms with Crippen molar-refractivity contribution < 1.29 is 4.79 Å². The maximum Gasteiger partial charge on any atom is 0.230 e. The first kappa shape index (κ1) is 14.0. The molecule has 1 rings (SSSR count). The fourth-order valence-electron chi connectivity index (χ4n) is 1.49. The number of hydrogen-bond donors (Lipinski definition) is 1. The summed E-state index contributed by atoms with van der Waals surface area (Å²) >= 11 is 5.85. The topological polar surface area (TPSA) is 29.1 Å². The summed E-state index contributed by atoms with van der Waals surface area (Å²) in [4.78, 5) is 12.2. The molecule has 3 heteroatoms. The van der Waals surface area contributed by atoms with Gasteiger partial charge in [-0.15, -0.1) is 0 Å². The van der Waals surface area contributed by atoms with E-state index in [1.54, 1.807) is 0 Å². The van der Waals surface area contributed by atoms with Crippen LogP contribution in [0, 0.1) is 0 Å². The highest BCUT2D eigenvalue weighted by Gasteiger charge is 2.31. The summed E-state index contributed by atoms with van der Waals surface area (Å²) in [6.07, 6.45) is 0. The van der Waals surface area contributed by atoms with Gasteiger partial charge in [0.05, 0.1) is 5.41 Å². The third-order valence-electron chi connectivity index (χ3n) is 2.62. The molecule has 0 fully saturated rings. The molecule has 17 heavy (non-hydrogen) atoms. The lowest BCUT2D eigenvalue weighted by Crippen LogP contribution is -2.48. The molecule has 0 radical (unpaired) electrons. The molecule has 0 atom stereocenters. The molecule has 0 unspecified atom stereocenters. The van der Waals surface area contributed by atoms with Crippen LogP contribution < -0.4 is 5.32 Å². The summed E-state index contributed by atoms with van der Waals surface area (Å²) in [7, 11) is 0. The standard InChI is InChI=1S/C14H20ClNO/c1-13(2,3)16-12(17)14(4,5)10-6-8-11(15)9-7-10/h6-9H,1-5H3,(H,16,17). The van der Waals surface area contributed by atoms with Crippen LogP contribution >= 0.6 is 11.6 Å². The Morgan fingerprint density at radius 1 is 1.06 bits per heavy atom. The zero-order valence-electron chi connectivity index (χ0n) is 11.1. The van der Waals surface area contributed by atoms with Gasteiger partial charge in [-0.25, -0.2) is 0 Å². The van der Waals surface area contributed by atoms with Gasteiger partial charge in [0.25, 0.3) is 0 Å². The van der Waals surface area contributed by atoms with Crippen molar-refractivity contribution in [2.24, 2.45) is 0 Å². The highest BCUT2D eigenvalue weighted by atomic mass is 35.5. The minimum absolute atomic E-state index is 0.0207. The van der Waals surface area contributed by atoms with E-state index in [0.29, 0.717) is 5.02 Å². The van der Waals surface area contributed by atoms with Crippen molar-refractivity contribution in [1.29, 1.82) is 0 Å². The molecule has 0 saturated heterocycles. The minimum Gasteiger partial charge on any atom is -0.351 e. The number of benzene rings is 1. The van der Waals surface area contributed by atoms with E-state index < -0.39 is 5.41 Å². The van der Waals surface area contributed by atoms with E-state index in [4.69, 9.17) is 11.6 Å². The van der Waals surface area contributed by atoms with Crippen molar-refractivity contribution in [3.63, 3.8) is 0 Å². The van der Waals surface area contributed by atoms with Crippen LogP contribution in [0.4, 0.5) is 0 Å². The van der Waals surface area contributed by atoms with Crippen LogP contribution in [0.2, 0.25) is 5.02 Å². The summed E-state index contributed by atoms with van der Waals surface area (Å²) in [6, 6.07) is 7.40. The lowest BCUT2D eigenvalue weighted by Gasteiger charge is -2.30. The molecule has 1 aromatic carbocycles. The smallest absolute Gasteiger partial charge is 0.230 e. The van der Waals surface area contributed by atoms with Crippen LogP contribution in [0.5, 0.6) is 0 Å². The maximum atomic E-state index is 12.2. The predicted octanol–water partition coefficient (Wildman–Crippen LogP) is 3.53.